The van der Waals surface area contributed by atoms with Crippen LogP contribution in [0.2, 0.25) is 0 Å². The van der Waals surface area contributed by atoms with Gasteiger partial charge in [0.15, 0.2) is 0 Å². The second-order valence-electron chi connectivity index (χ2n) is 4.77. The van der Waals surface area contributed by atoms with E-state index in [1.54, 1.807) is 0 Å². The Bertz CT molecular complexity index is 250. The van der Waals surface area contributed by atoms with Gasteiger partial charge in [0.05, 0.1) is 6.04 Å². The van der Waals surface area contributed by atoms with Crippen molar-refractivity contribution in [3.63, 3.8) is 0 Å². The van der Waals surface area contributed by atoms with Crippen molar-refractivity contribution < 1.29 is 9.90 Å². The molecule has 1 atom stereocenters. The van der Waals surface area contributed by atoms with Gasteiger partial charge in [0.1, 0.15) is 0 Å². The van der Waals surface area contributed by atoms with Crippen molar-refractivity contribution in [1.29, 1.82) is 0 Å². The number of hydrogen-bond donors (Lipinski definition) is 3. The standard InChI is InChI=1S/C11H20N2O2S/c14-5-3-11(1-2-11)8-13-10(15)9-7-16-6-4-12-9/h9,12,14H,1-8H2,(H,13,15). The van der Waals surface area contributed by atoms with Gasteiger partial charge in [0, 0.05) is 31.2 Å². The van der Waals surface area contributed by atoms with Crippen LogP contribution in [0.3, 0.4) is 0 Å². The lowest BCUT2D eigenvalue weighted by Gasteiger charge is -2.23. The molecule has 92 valence electrons. The van der Waals surface area contributed by atoms with Crippen molar-refractivity contribution in [2.24, 2.45) is 5.41 Å². The van der Waals surface area contributed by atoms with E-state index in [2.05, 4.69) is 10.6 Å². The third kappa shape index (κ3) is 3.12. The highest BCUT2D eigenvalue weighted by Gasteiger charge is 2.42. The summed E-state index contributed by atoms with van der Waals surface area (Å²) in [5, 5.41) is 15.2. The largest absolute Gasteiger partial charge is 0.396 e. The van der Waals surface area contributed by atoms with Gasteiger partial charge in [-0.1, -0.05) is 0 Å². The predicted octanol–water partition coefficient (Wildman–Crippen LogP) is -0.0298. The minimum absolute atomic E-state index is 0.0244. The van der Waals surface area contributed by atoms with Crippen LogP contribution in [0.1, 0.15) is 19.3 Å². The second-order valence-corrected chi connectivity index (χ2v) is 5.92. The van der Waals surface area contributed by atoms with Crippen molar-refractivity contribution in [2.45, 2.75) is 25.3 Å². The maximum atomic E-state index is 11.8. The van der Waals surface area contributed by atoms with E-state index < -0.39 is 0 Å². The maximum absolute atomic E-state index is 11.8. The normalized spacial score (nSPS) is 27.4. The molecule has 0 aromatic rings. The van der Waals surface area contributed by atoms with Crippen LogP contribution in [0.25, 0.3) is 0 Å². The number of amides is 1. The Labute approximate surface area is 101 Å². The number of carbonyl (C=O) groups is 1. The molecule has 2 rings (SSSR count). The zero-order chi connectivity index (χ0) is 11.4. The van der Waals surface area contributed by atoms with Gasteiger partial charge in [-0.05, 0) is 24.7 Å². The first-order chi connectivity index (χ1) is 7.76. The fourth-order valence-electron chi connectivity index (χ4n) is 2.06. The first kappa shape index (κ1) is 12.2. The highest BCUT2D eigenvalue weighted by Crippen LogP contribution is 2.47. The number of aliphatic hydroxyl groups is 1. The second kappa shape index (κ2) is 5.38. The van der Waals surface area contributed by atoms with Crippen LogP contribution in [0.4, 0.5) is 0 Å². The summed E-state index contributed by atoms with van der Waals surface area (Å²) in [6, 6.07) is -0.0244. The van der Waals surface area contributed by atoms with Crippen LogP contribution in [-0.4, -0.2) is 48.3 Å². The lowest BCUT2D eigenvalue weighted by molar-refractivity contribution is -0.122. The molecule has 0 aromatic heterocycles. The zero-order valence-electron chi connectivity index (χ0n) is 9.50. The minimum Gasteiger partial charge on any atom is -0.396 e. The van der Waals surface area contributed by atoms with E-state index in [9.17, 15) is 4.79 Å². The van der Waals surface area contributed by atoms with E-state index in [-0.39, 0.29) is 24.0 Å². The summed E-state index contributed by atoms with van der Waals surface area (Å²) in [7, 11) is 0. The predicted molar refractivity (Wildman–Crippen MR) is 65.5 cm³/mol. The highest BCUT2D eigenvalue weighted by atomic mass is 32.2. The summed E-state index contributed by atoms with van der Waals surface area (Å²) in [4.78, 5) is 11.8. The smallest absolute Gasteiger partial charge is 0.238 e. The Kier molecular flexibility index (Phi) is 4.10. The number of hydrogen-bond acceptors (Lipinski definition) is 4. The SMILES string of the molecule is O=C(NCC1(CCO)CC1)C1CSCCN1. The minimum atomic E-state index is -0.0244. The van der Waals surface area contributed by atoms with Crippen LogP contribution >= 0.6 is 11.8 Å². The molecule has 1 unspecified atom stereocenters. The van der Waals surface area contributed by atoms with E-state index in [1.807, 2.05) is 11.8 Å². The Morgan fingerprint density at radius 2 is 2.38 bits per heavy atom. The number of carbonyl (C=O) groups excluding carboxylic acids is 1. The molecule has 0 spiro atoms. The van der Waals surface area contributed by atoms with Gasteiger partial charge in [0.2, 0.25) is 5.91 Å². The first-order valence-electron chi connectivity index (χ1n) is 5.95. The van der Waals surface area contributed by atoms with E-state index in [0.29, 0.717) is 0 Å². The number of aliphatic hydroxyl groups excluding tert-OH is 1. The molecule has 0 bridgehead atoms. The summed E-state index contributed by atoms with van der Waals surface area (Å²) in [5.74, 6) is 2.09. The third-order valence-corrected chi connectivity index (χ3v) is 4.54. The van der Waals surface area contributed by atoms with Gasteiger partial charge in [-0.3, -0.25) is 4.79 Å². The Morgan fingerprint density at radius 3 is 2.94 bits per heavy atom. The zero-order valence-corrected chi connectivity index (χ0v) is 10.3. The van der Waals surface area contributed by atoms with Crippen molar-refractivity contribution in [2.75, 3.05) is 31.2 Å². The van der Waals surface area contributed by atoms with Gasteiger partial charge >= 0.3 is 0 Å². The summed E-state index contributed by atoms with van der Waals surface area (Å²) in [6.45, 7) is 1.88. The molecule has 4 nitrogen and oxygen atoms in total. The number of rotatable bonds is 5. The van der Waals surface area contributed by atoms with Crippen LogP contribution in [0.15, 0.2) is 0 Å². The van der Waals surface area contributed by atoms with Gasteiger partial charge in [-0.25, -0.2) is 0 Å². The van der Waals surface area contributed by atoms with Crippen molar-refractivity contribution in [3.05, 3.63) is 0 Å². The molecule has 1 saturated heterocycles. The molecule has 1 saturated carbocycles. The first-order valence-corrected chi connectivity index (χ1v) is 7.11. The average Bonchev–Trinajstić information content (AvgIpc) is 3.08. The molecular formula is C11H20N2O2S. The summed E-state index contributed by atoms with van der Waals surface area (Å²) in [6.07, 6.45) is 3.10. The van der Waals surface area contributed by atoms with Crippen LogP contribution in [0.5, 0.6) is 0 Å². The number of nitrogens with one attached hydrogen (secondary N) is 2. The quantitative estimate of drug-likeness (QED) is 0.635. The summed E-state index contributed by atoms with van der Waals surface area (Å²) >= 11 is 1.83. The van der Waals surface area contributed by atoms with Gasteiger partial charge in [-0.2, -0.15) is 11.8 Å². The Balaban J connectivity index is 1.70. The molecule has 2 fully saturated rings. The molecule has 1 heterocycles. The number of thioether (sulfide) groups is 1. The van der Waals surface area contributed by atoms with Crippen molar-refractivity contribution >= 4 is 17.7 Å². The van der Waals surface area contributed by atoms with Gasteiger partial charge in [-0.15, -0.1) is 0 Å². The maximum Gasteiger partial charge on any atom is 0.238 e. The van der Waals surface area contributed by atoms with E-state index in [4.69, 9.17) is 5.11 Å². The molecule has 16 heavy (non-hydrogen) atoms. The monoisotopic (exact) mass is 244 g/mol. The van der Waals surface area contributed by atoms with E-state index in [0.717, 1.165) is 43.9 Å². The highest BCUT2D eigenvalue weighted by molar-refractivity contribution is 7.99. The third-order valence-electron chi connectivity index (χ3n) is 3.48. The molecule has 5 heteroatoms. The van der Waals surface area contributed by atoms with Gasteiger partial charge < -0.3 is 15.7 Å². The molecule has 3 N–H and O–H groups in total. The Hall–Kier alpha value is -0.260. The van der Waals surface area contributed by atoms with Crippen LogP contribution < -0.4 is 10.6 Å². The summed E-state index contributed by atoms with van der Waals surface area (Å²) < 4.78 is 0. The fraction of sp³-hybridized carbons (Fsp3) is 0.909. The van der Waals surface area contributed by atoms with Crippen LogP contribution in [-0.2, 0) is 4.79 Å². The topological polar surface area (TPSA) is 61.4 Å². The van der Waals surface area contributed by atoms with Crippen LogP contribution in [0, 0.1) is 5.41 Å². The van der Waals surface area contributed by atoms with E-state index >= 15 is 0 Å². The average molecular weight is 244 g/mol. The van der Waals surface area contributed by atoms with E-state index in [1.165, 1.54) is 0 Å². The van der Waals surface area contributed by atoms with Crippen molar-refractivity contribution in [1.82, 2.24) is 10.6 Å². The molecule has 1 aliphatic heterocycles. The summed E-state index contributed by atoms with van der Waals surface area (Å²) in [5.41, 5.74) is 0.215. The molecule has 1 aliphatic carbocycles. The molecule has 1 amide bonds. The lowest BCUT2D eigenvalue weighted by atomic mass is 10.0. The molecule has 0 radical (unpaired) electrons. The van der Waals surface area contributed by atoms with Crippen molar-refractivity contribution in [3.8, 4) is 0 Å². The van der Waals surface area contributed by atoms with Gasteiger partial charge in [0.25, 0.3) is 0 Å². The molecular weight excluding hydrogens is 224 g/mol. The Morgan fingerprint density at radius 1 is 1.56 bits per heavy atom. The molecule has 0 aromatic carbocycles. The fourth-order valence-corrected chi connectivity index (χ4v) is 2.99. The lowest BCUT2D eigenvalue weighted by Crippen LogP contribution is -2.50. The molecule has 2 aliphatic rings.